The van der Waals surface area contributed by atoms with Gasteiger partial charge in [0.1, 0.15) is 5.76 Å². The summed E-state index contributed by atoms with van der Waals surface area (Å²) in [5.41, 5.74) is 4.41. The van der Waals surface area contributed by atoms with Crippen molar-refractivity contribution >= 4 is 52.2 Å². The highest BCUT2D eigenvalue weighted by Gasteiger charge is 2.15. The number of amides is 1. The number of hydrogen-bond acceptors (Lipinski definition) is 7. The highest BCUT2D eigenvalue weighted by Crippen LogP contribution is 2.22. The zero-order valence-corrected chi connectivity index (χ0v) is 19.8. The van der Waals surface area contributed by atoms with E-state index >= 15 is 0 Å². The molecule has 2 heterocycles. The summed E-state index contributed by atoms with van der Waals surface area (Å²) in [7, 11) is 0. The van der Waals surface area contributed by atoms with E-state index in [1.54, 1.807) is 18.4 Å². The second-order valence-corrected chi connectivity index (χ2v) is 8.72. The number of para-hydroxylation sites is 1. The van der Waals surface area contributed by atoms with Crippen LogP contribution in [0.15, 0.2) is 87.7 Å². The molecule has 2 N–H and O–H groups in total. The Bertz CT molecular complexity index is 1180. The highest BCUT2D eigenvalue weighted by atomic mass is 127. The molecule has 4 aromatic rings. The molecule has 0 bridgehead atoms. The van der Waals surface area contributed by atoms with Crippen molar-refractivity contribution in [2.75, 3.05) is 11.1 Å². The molecule has 8 nitrogen and oxygen atoms in total. The first-order valence-corrected chi connectivity index (χ1v) is 11.7. The Labute approximate surface area is 202 Å². The van der Waals surface area contributed by atoms with Crippen molar-refractivity contribution in [3.8, 4) is 5.69 Å². The number of thioether (sulfide) groups is 1. The fraction of sp³-hybridized carbons (Fsp3) is 0.0909. The Balaban J connectivity index is 1.44. The molecule has 1 amide bonds. The number of rotatable bonds is 9. The third kappa shape index (κ3) is 5.98. The van der Waals surface area contributed by atoms with E-state index in [0.717, 1.165) is 17.2 Å². The number of aromatic nitrogens is 3. The number of carbonyl (C=O) groups excluding carboxylic acids is 1. The summed E-state index contributed by atoms with van der Waals surface area (Å²) in [6.45, 7) is 0.489. The molecule has 0 unspecified atom stereocenters. The van der Waals surface area contributed by atoms with Gasteiger partial charge in [-0.2, -0.15) is 5.10 Å². The van der Waals surface area contributed by atoms with Crippen molar-refractivity contribution in [3.63, 3.8) is 0 Å². The SMILES string of the molecule is O=C(CSc1nnc(CNc2ccc(I)cc2)n1-c1ccccc1)N/N=C/c1ccco1. The second-order valence-electron chi connectivity index (χ2n) is 6.53. The zero-order valence-electron chi connectivity index (χ0n) is 16.8. The second kappa shape index (κ2) is 11.0. The third-order valence-electron chi connectivity index (χ3n) is 4.27. The van der Waals surface area contributed by atoms with Crippen LogP contribution >= 0.6 is 34.4 Å². The molecule has 0 spiro atoms. The van der Waals surface area contributed by atoms with Gasteiger partial charge in [0.2, 0.25) is 0 Å². The molecular formula is C22H19IN6O2S. The summed E-state index contributed by atoms with van der Waals surface area (Å²) in [4.78, 5) is 12.2. The minimum absolute atomic E-state index is 0.144. The van der Waals surface area contributed by atoms with Crippen LogP contribution in [0.25, 0.3) is 5.69 Å². The van der Waals surface area contributed by atoms with Crippen LogP contribution in [0, 0.1) is 3.57 Å². The summed E-state index contributed by atoms with van der Waals surface area (Å²) in [5, 5.41) is 16.6. The molecule has 4 rings (SSSR count). The molecule has 0 saturated carbocycles. The molecule has 0 aliphatic rings. The largest absolute Gasteiger partial charge is 0.463 e. The lowest BCUT2D eigenvalue weighted by Crippen LogP contribution is -2.20. The van der Waals surface area contributed by atoms with Crippen LogP contribution < -0.4 is 10.7 Å². The van der Waals surface area contributed by atoms with Gasteiger partial charge in [-0.1, -0.05) is 30.0 Å². The molecule has 0 fully saturated rings. The van der Waals surface area contributed by atoms with E-state index < -0.39 is 0 Å². The molecule has 0 aliphatic carbocycles. The van der Waals surface area contributed by atoms with Crippen LogP contribution in [0.2, 0.25) is 0 Å². The Hall–Kier alpha value is -3.12. The van der Waals surface area contributed by atoms with Gasteiger partial charge < -0.3 is 9.73 Å². The van der Waals surface area contributed by atoms with Gasteiger partial charge in [0.15, 0.2) is 11.0 Å². The highest BCUT2D eigenvalue weighted by molar-refractivity contribution is 14.1. The predicted molar refractivity (Wildman–Crippen MR) is 133 cm³/mol. The van der Waals surface area contributed by atoms with E-state index in [0.29, 0.717) is 17.5 Å². The van der Waals surface area contributed by atoms with Crippen molar-refractivity contribution in [1.82, 2.24) is 20.2 Å². The Morgan fingerprint density at radius 3 is 2.66 bits per heavy atom. The monoisotopic (exact) mass is 558 g/mol. The Morgan fingerprint density at radius 2 is 1.91 bits per heavy atom. The smallest absolute Gasteiger partial charge is 0.250 e. The van der Waals surface area contributed by atoms with Crippen LogP contribution in [0.5, 0.6) is 0 Å². The lowest BCUT2D eigenvalue weighted by Gasteiger charge is -2.11. The molecule has 2 aromatic carbocycles. The number of carbonyl (C=O) groups is 1. The van der Waals surface area contributed by atoms with Crippen molar-refractivity contribution in [3.05, 3.63) is 88.1 Å². The van der Waals surface area contributed by atoms with Crippen LogP contribution in [0.4, 0.5) is 5.69 Å². The summed E-state index contributed by atoms with van der Waals surface area (Å²) in [6, 6.07) is 21.5. The van der Waals surface area contributed by atoms with Gasteiger partial charge in [0.05, 0.1) is 24.8 Å². The van der Waals surface area contributed by atoms with Gasteiger partial charge in [-0.05, 0) is 71.1 Å². The van der Waals surface area contributed by atoms with E-state index in [4.69, 9.17) is 4.42 Å². The fourth-order valence-corrected chi connectivity index (χ4v) is 3.91. The first-order chi connectivity index (χ1) is 15.7. The molecule has 0 radical (unpaired) electrons. The normalized spacial score (nSPS) is 11.0. The van der Waals surface area contributed by atoms with E-state index in [1.807, 2.05) is 59.2 Å². The quantitative estimate of drug-likeness (QED) is 0.138. The number of anilines is 1. The Kier molecular flexibility index (Phi) is 7.56. The third-order valence-corrected chi connectivity index (χ3v) is 5.91. The number of nitrogens with zero attached hydrogens (tertiary/aromatic N) is 4. The topological polar surface area (TPSA) is 97.3 Å². The van der Waals surface area contributed by atoms with Crippen LogP contribution in [0.1, 0.15) is 11.6 Å². The van der Waals surface area contributed by atoms with E-state index in [1.165, 1.54) is 21.5 Å². The molecule has 10 heteroatoms. The number of hydrazone groups is 1. The molecule has 32 heavy (non-hydrogen) atoms. The molecule has 0 aliphatic heterocycles. The lowest BCUT2D eigenvalue weighted by molar-refractivity contribution is -0.118. The van der Waals surface area contributed by atoms with Crippen molar-refractivity contribution in [2.24, 2.45) is 5.10 Å². The summed E-state index contributed by atoms with van der Waals surface area (Å²) >= 11 is 3.57. The van der Waals surface area contributed by atoms with E-state index in [2.05, 4.69) is 48.6 Å². The van der Waals surface area contributed by atoms with Crippen molar-refractivity contribution in [2.45, 2.75) is 11.7 Å². The van der Waals surface area contributed by atoms with Gasteiger partial charge in [0.25, 0.3) is 5.91 Å². The Morgan fingerprint density at radius 1 is 1.09 bits per heavy atom. The minimum Gasteiger partial charge on any atom is -0.463 e. The lowest BCUT2D eigenvalue weighted by atomic mass is 10.3. The van der Waals surface area contributed by atoms with Gasteiger partial charge in [-0.3, -0.25) is 9.36 Å². The minimum atomic E-state index is -0.251. The number of furan rings is 1. The standard InChI is InChI=1S/C22H19IN6O2S/c23-16-8-10-17(11-9-16)24-14-20-26-28-22(29(20)18-5-2-1-3-6-18)32-15-21(30)27-25-13-19-7-4-12-31-19/h1-13,24H,14-15H2,(H,27,30)/b25-13+. The van der Waals surface area contributed by atoms with Crippen LogP contribution in [-0.4, -0.2) is 32.6 Å². The fourth-order valence-electron chi connectivity index (χ4n) is 2.79. The summed E-state index contributed by atoms with van der Waals surface area (Å²) < 4.78 is 8.26. The van der Waals surface area contributed by atoms with Crippen LogP contribution in [-0.2, 0) is 11.3 Å². The molecule has 0 saturated heterocycles. The molecular weight excluding hydrogens is 539 g/mol. The summed E-state index contributed by atoms with van der Waals surface area (Å²) in [6.07, 6.45) is 2.99. The van der Waals surface area contributed by atoms with Gasteiger partial charge >= 0.3 is 0 Å². The number of nitrogens with one attached hydrogen (secondary N) is 2. The van der Waals surface area contributed by atoms with Gasteiger partial charge in [0, 0.05) is 14.9 Å². The number of benzene rings is 2. The molecule has 0 atom stereocenters. The number of halogens is 1. The maximum absolute atomic E-state index is 12.2. The zero-order chi connectivity index (χ0) is 22.2. The van der Waals surface area contributed by atoms with Crippen molar-refractivity contribution < 1.29 is 9.21 Å². The maximum Gasteiger partial charge on any atom is 0.250 e. The van der Waals surface area contributed by atoms with Crippen molar-refractivity contribution in [1.29, 1.82) is 0 Å². The average molecular weight is 558 g/mol. The van der Waals surface area contributed by atoms with Gasteiger partial charge in [-0.25, -0.2) is 5.43 Å². The molecule has 2 aromatic heterocycles. The predicted octanol–water partition coefficient (Wildman–Crippen LogP) is 4.32. The molecule has 162 valence electrons. The number of hydrogen-bond donors (Lipinski definition) is 2. The van der Waals surface area contributed by atoms with Gasteiger partial charge in [-0.15, -0.1) is 10.2 Å². The first kappa shape index (κ1) is 22.1. The summed E-state index contributed by atoms with van der Waals surface area (Å²) in [5.74, 6) is 1.20. The van der Waals surface area contributed by atoms with E-state index in [-0.39, 0.29) is 11.7 Å². The first-order valence-electron chi connectivity index (χ1n) is 9.66. The van der Waals surface area contributed by atoms with E-state index in [9.17, 15) is 4.79 Å². The maximum atomic E-state index is 12.2. The van der Waals surface area contributed by atoms with Crippen LogP contribution in [0.3, 0.4) is 0 Å². The average Bonchev–Trinajstić information content (AvgIpc) is 3.48.